The monoisotopic (exact) mass is 200 g/mol. The van der Waals surface area contributed by atoms with Gasteiger partial charge in [-0.15, -0.1) is 0 Å². The largest absolute Gasteiger partial charge is 0.332 e. The summed E-state index contributed by atoms with van der Waals surface area (Å²) < 4.78 is 22.3. The van der Waals surface area contributed by atoms with E-state index in [1.54, 1.807) is 0 Å². The van der Waals surface area contributed by atoms with Gasteiger partial charge in [0.05, 0.1) is 5.69 Å². The van der Waals surface area contributed by atoms with Crippen molar-refractivity contribution in [2.45, 2.75) is 30.8 Å². The second-order valence-corrected chi connectivity index (χ2v) is 5.38. The molecule has 1 N–H and O–H groups in total. The van der Waals surface area contributed by atoms with Gasteiger partial charge < -0.3 is 4.98 Å². The van der Waals surface area contributed by atoms with Gasteiger partial charge in [0.15, 0.2) is 0 Å². The Balaban J connectivity index is 2.47. The third-order valence-corrected chi connectivity index (χ3v) is 3.18. The van der Waals surface area contributed by atoms with E-state index in [1.165, 1.54) is 6.26 Å². The molecule has 5 heteroatoms. The molecular weight excluding hydrogens is 188 g/mol. The number of hydrogen-bond donors (Lipinski definition) is 1. The summed E-state index contributed by atoms with van der Waals surface area (Å²) in [7, 11) is -3.16. The molecule has 2 rings (SSSR count). The number of hydrogen-bond acceptors (Lipinski definition) is 3. The summed E-state index contributed by atoms with van der Waals surface area (Å²) in [5.41, 5.74) is 1.94. The molecule has 1 aromatic rings. The van der Waals surface area contributed by atoms with Gasteiger partial charge in [-0.3, -0.25) is 0 Å². The Labute approximate surface area is 77.3 Å². The number of sulfone groups is 1. The fraction of sp³-hybridized carbons (Fsp3) is 0.625. The van der Waals surface area contributed by atoms with Gasteiger partial charge >= 0.3 is 0 Å². The van der Waals surface area contributed by atoms with Crippen molar-refractivity contribution in [2.75, 3.05) is 6.26 Å². The van der Waals surface area contributed by atoms with E-state index in [4.69, 9.17) is 0 Å². The highest BCUT2D eigenvalue weighted by Crippen LogP contribution is 2.20. The first-order chi connectivity index (χ1) is 6.07. The third-order valence-electron chi connectivity index (χ3n) is 2.28. The number of rotatable bonds is 1. The number of fused-ring (bicyclic) bond motifs is 1. The standard InChI is InChI=1S/C8H12N2O2S/c1-13(11,12)8-9-6-4-2-3-5-7(6)10-8/h2-5H2,1H3,(H,9,10). The number of aromatic nitrogens is 2. The lowest BCUT2D eigenvalue weighted by Crippen LogP contribution is -2.00. The zero-order valence-corrected chi connectivity index (χ0v) is 8.32. The zero-order chi connectivity index (χ0) is 9.47. The number of imidazole rings is 1. The molecule has 0 radical (unpaired) electrons. The van der Waals surface area contributed by atoms with Gasteiger partial charge in [0.1, 0.15) is 0 Å². The molecule has 0 bridgehead atoms. The van der Waals surface area contributed by atoms with E-state index in [1.807, 2.05) is 0 Å². The van der Waals surface area contributed by atoms with Crippen LogP contribution in [0.3, 0.4) is 0 Å². The molecule has 4 nitrogen and oxygen atoms in total. The summed E-state index contributed by atoms with van der Waals surface area (Å²) in [6, 6.07) is 0. The van der Waals surface area contributed by atoms with Crippen LogP contribution in [0.5, 0.6) is 0 Å². The maximum Gasteiger partial charge on any atom is 0.225 e. The van der Waals surface area contributed by atoms with Gasteiger partial charge in [0, 0.05) is 11.9 Å². The number of aromatic amines is 1. The van der Waals surface area contributed by atoms with Crippen molar-refractivity contribution in [3.63, 3.8) is 0 Å². The molecule has 0 aromatic carbocycles. The topological polar surface area (TPSA) is 62.8 Å². The van der Waals surface area contributed by atoms with Gasteiger partial charge in [-0.2, -0.15) is 0 Å². The van der Waals surface area contributed by atoms with Gasteiger partial charge in [0.25, 0.3) is 0 Å². The van der Waals surface area contributed by atoms with E-state index in [-0.39, 0.29) is 5.16 Å². The van der Waals surface area contributed by atoms with Gasteiger partial charge in [-0.1, -0.05) is 0 Å². The van der Waals surface area contributed by atoms with Crippen LogP contribution in [-0.4, -0.2) is 24.6 Å². The van der Waals surface area contributed by atoms with Crippen molar-refractivity contribution in [3.05, 3.63) is 11.4 Å². The minimum Gasteiger partial charge on any atom is -0.332 e. The normalized spacial score (nSPS) is 17.0. The van der Waals surface area contributed by atoms with Crippen molar-refractivity contribution in [2.24, 2.45) is 0 Å². The molecule has 0 spiro atoms. The predicted molar refractivity (Wildman–Crippen MR) is 48.3 cm³/mol. The highest BCUT2D eigenvalue weighted by molar-refractivity contribution is 7.90. The molecule has 13 heavy (non-hydrogen) atoms. The van der Waals surface area contributed by atoms with Crippen LogP contribution in [0.1, 0.15) is 24.2 Å². The van der Waals surface area contributed by atoms with Gasteiger partial charge in [-0.25, -0.2) is 13.4 Å². The van der Waals surface area contributed by atoms with E-state index in [2.05, 4.69) is 9.97 Å². The fourth-order valence-electron chi connectivity index (χ4n) is 1.60. The van der Waals surface area contributed by atoms with Crippen LogP contribution in [0.2, 0.25) is 0 Å². The third kappa shape index (κ3) is 1.60. The zero-order valence-electron chi connectivity index (χ0n) is 7.50. The molecule has 0 aliphatic heterocycles. The Kier molecular flexibility index (Phi) is 1.91. The first-order valence-corrected chi connectivity index (χ1v) is 6.24. The highest BCUT2D eigenvalue weighted by Gasteiger charge is 2.18. The molecule has 1 aromatic heterocycles. The molecule has 72 valence electrons. The van der Waals surface area contributed by atoms with Crippen LogP contribution in [0.15, 0.2) is 5.16 Å². The molecule has 0 fully saturated rings. The summed E-state index contributed by atoms with van der Waals surface area (Å²) in [6.45, 7) is 0. The Hall–Kier alpha value is -0.840. The fourth-order valence-corrected chi connectivity index (χ4v) is 2.19. The molecule has 0 unspecified atom stereocenters. The maximum absolute atomic E-state index is 11.2. The van der Waals surface area contributed by atoms with E-state index >= 15 is 0 Å². The van der Waals surface area contributed by atoms with Crippen LogP contribution < -0.4 is 0 Å². The quantitative estimate of drug-likeness (QED) is 0.725. The van der Waals surface area contributed by atoms with E-state index in [9.17, 15) is 8.42 Å². The van der Waals surface area contributed by atoms with Gasteiger partial charge in [-0.05, 0) is 25.7 Å². The second kappa shape index (κ2) is 2.83. The van der Waals surface area contributed by atoms with Crippen LogP contribution >= 0.6 is 0 Å². The van der Waals surface area contributed by atoms with E-state index in [0.717, 1.165) is 37.1 Å². The molecular formula is C8H12N2O2S. The average molecular weight is 200 g/mol. The number of H-pyrrole nitrogens is 1. The van der Waals surface area contributed by atoms with Gasteiger partial charge in [0.2, 0.25) is 15.0 Å². The van der Waals surface area contributed by atoms with Crippen LogP contribution in [-0.2, 0) is 22.7 Å². The summed E-state index contributed by atoms with van der Waals surface area (Å²) in [6.07, 6.45) is 5.25. The highest BCUT2D eigenvalue weighted by atomic mass is 32.2. The first kappa shape index (κ1) is 8.74. The molecule has 0 atom stereocenters. The maximum atomic E-state index is 11.2. The van der Waals surface area contributed by atoms with Crippen molar-refractivity contribution in [1.82, 2.24) is 9.97 Å². The SMILES string of the molecule is CS(=O)(=O)c1nc2c([nH]1)CCCC2. The van der Waals surface area contributed by atoms with Crippen LogP contribution in [0.25, 0.3) is 0 Å². The second-order valence-electron chi connectivity index (χ2n) is 3.45. The number of aryl methyl sites for hydroxylation is 2. The minimum absolute atomic E-state index is 0.124. The van der Waals surface area contributed by atoms with E-state index < -0.39 is 9.84 Å². The molecule has 0 saturated carbocycles. The molecule has 0 saturated heterocycles. The molecule has 0 amide bonds. The van der Waals surface area contributed by atoms with Crippen LogP contribution in [0, 0.1) is 0 Å². The van der Waals surface area contributed by atoms with Crippen molar-refractivity contribution in [3.8, 4) is 0 Å². The summed E-state index contributed by atoms with van der Waals surface area (Å²) in [4.78, 5) is 6.95. The first-order valence-electron chi connectivity index (χ1n) is 4.35. The van der Waals surface area contributed by atoms with Crippen LogP contribution in [0.4, 0.5) is 0 Å². The number of nitrogens with zero attached hydrogens (tertiary/aromatic N) is 1. The average Bonchev–Trinajstić information content (AvgIpc) is 2.45. The molecule has 1 aliphatic rings. The van der Waals surface area contributed by atoms with Crippen molar-refractivity contribution >= 4 is 9.84 Å². The lowest BCUT2D eigenvalue weighted by molar-refractivity contribution is 0.594. The molecule has 1 heterocycles. The Morgan fingerprint density at radius 3 is 2.62 bits per heavy atom. The Morgan fingerprint density at radius 1 is 1.31 bits per heavy atom. The Morgan fingerprint density at radius 2 is 2.00 bits per heavy atom. The minimum atomic E-state index is -3.16. The summed E-state index contributed by atoms with van der Waals surface area (Å²) in [5.74, 6) is 0. The molecule has 1 aliphatic carbocycles. The number of nitrogens with one attached hydrogen (secondary N) is 1. The van der Waals surface area contributed by atoms with Crippen molar-refractivity contribution < 1.29 is 8.42 Å². The predicted octanol–water partition coefficient (Wildman–Crippen LogP) is 0.692. The lowest BCUT2D eigenvalue weighted by Gasteiger charge is -2.07. The summed E-state index contributed by atoms with van der Waals surface area (Å²) >= 11 is 0. The Bertz CT molecular complexity index is 396. The van der Waals surface area contributed by atoms with E-state index in [0.29, 0.717) is 0 Å². The lowest BCUT2D eigenvalue weighted by atomic mass is 10.0. The smallest absolute Gasteiger partial charge is 0.225 e. The summed E-state index contributed by atoms with van der Waals surface area (Å²) in [5, 5.41) is 0.124. The van der Waals surface area contributed by atoms with Crippen molar-refractivity contribution in [1.29, 1.82) is 0 Å².